The SMILES string of the molecule is CN1CCC[C@H]1COc1nc2c(c(N3CCN(C(=O)OC(C)(C)C)CC3)c1C#N)CCN(Cc1ccccc1)C2. The number of nitriles is 1. The van der Waals surface area contributed by atoms with Gasteiger partial charge >= 0.3 is 6.09 Å². The number of nitrogens with zero attached hydrogens (tertiary/aromatic N) is 6. The normalized spacial score (nSPS) is 20.2. The van der Waals surface area contributed by atoms with Crippen molar-refractivity contribution in [2.24, 2.45) is 0 Å². The number of carbonyl (C=O) groups is 1. The topological polar surface area (TPSA) is 85.2 Å². The van der Waals surface area contributed by atoms with E-state index in [1.165, 1.54) is 5.56 Å². The highest BCUT2D eigenvalue weighted by molar-refractivity contribution is 5.71. The number of likely N-dealkylation sites (N-methyl/N-ethyl adjacent to an activating group) is 1. The molecule has 0 aliphatic carbocycles. The zero-order valence-electron chi connectivity index (χ0n) is 24.4. The summed E-state index contributed by atoms with van der Waals surface area (Å²) in [5.41, 5.74) is 4.32. The van der Waals surface area contributed by atoms with Crippen LogP contribution in [0.4, 0.5) is 10.5 Å². The van der Waals surface area contributed by atoms with Crippen molar-refractivity contribution >= 4 is 11.8 Å². The summed E-state index contributed by atoms with van der Waals surface area (Å²) in [7, 11) is 2.13. The van der Waals surface area contributed by atoms with Crippen LogP contribution in [0, 0.1) is 11.3 Å². The number of aromatic nitrogens is 1. The molecule has 1 aromatic carbocycles. The molecule has 0 radical (unpaired) electrons. The van der Waals surface area contributed by atoms with Crippen molar-refractivity contribution in [1.29, 1.82) is 5.26 Å². The third-order valence-corrected chi connectivity index (χ3v) is 8.07. The van der Waals surface area contributed by atoms with E-state index in [0.29, 0.717) is 56.8 Å². The number of fused-ring (bicyclic) bond motifs is 1. The second kappa shape index (κ2) is 12.0. The van der Waals surface area contributed by atoms with Crippen LogP contribution < -0.4 is 9.64 Å². The summed E-state index contributed by atoms with van der Waals surface area (Å²) in [4.78, 5) is 26.4. The first-order valence-electron chi connectivity index (χ1n) is 14.5. The van der Waals surface area contributed by atoms with Gasteiger partial charge in [0, 0.05) is 57.4 Å². The summed E-state index contributed by atoms with van der Waals surface area (Å²) >= 11 is 0. The number of pyridine rings is 1. The van der Waals surface area contributed by atoms with Crippen molar-refractivity contribution in [2.45, 2.75) is 64.8 Å². The summed E-state index contributed by atoms with van der Waals surface area (Å²) in [6.07, 6.45) is 2.78. The predicted octanol–water partition coefficient (Wildman–Crippen LogP) is 4.04. The van der Waals surface area contributed by atoms with Gasteiger partial charge in [0.15, 0.2) is 0 Å². The average Bonchev–Trinajstić information content (AvgIpc) is 3.35. The van der Waals surface area contributed by atoms with Crippen molar-refractivity contribution in [3.8, 4) is 11.9 Å². The molecule has 0 saturated carbocycles. The van der Waals surface area contributed by atoms with E-state index >= 15 is 0 Å². The summed E-state index contributed by atoms with van der Waals surface area (Å²) in [5.74, 6) is 0.438. The van der Waals surface area contributed by atoms with Gasteiger partial charge in [-0.2, -0.15) is 5.26 Å². The van der Waals surface area contributed by atoms with E-state index in [1.54, 1.807) is 4.90 Å². The van der Waals surface area contributed by atoms with E-state index in [1.807, 2.05) is 26.8 Å². The average molecular weight is 547 g/mol. The number of hydrogen-bond donors (Lipinski definition) is 0. The third-order valence-electron chi connectivity index (χ3n) is 8.07. The van der Waals surface area contributed by atoms with Crippen LogP contribution in [0.1, 0.15) is 56.0 Å². The van der Waals surface area contributed by atoms with Crippen molar-refractivity contribution < 1.29 is 14.3 Å². The number of ether oxygens (including phenoxy) is 2. The highest BCUT2D eigenvalue weighted by atomic mass is 16.6. The third kappa shape index (κ3) is 6.51. The van der Waals surface area contributed by atoms with Gasteiger partial charge in [-0.15, -0.1) is 0 Å². The molecular weight excluding hydrogens is 504 g/mol. The maximum Gasteiger partial charge on any atom is 0.410 e. The highest BCUT2D eigenvalue weighted by Crippen LogP contribution is 2.37. The second-order valence-electron chi connectivity index (χ2n) is 12.2. The first-order chi connectivity index (χ1) is 19.2. The van der Waals surface area contributed by atoms with Gasteiger partial charge in [0.25, 0.3) is 0 Å². The molecule has 0 bridgehead atoms. The predicted molar refractivity (Wildman–Crippen MR) is 154 cm³/mol. The fraction of sp³-hybridized carbons (Fsp3) is 0.581. The molecular formula is C31H42N6O3. The molecule has 2 fully saturated rings. The van der Waals surface area contributed by atoms with Gasteiger partial charge in [-0.1, -0.05) is 30.3 Å². The number of likely N-dealkylation sites (tertiary alicyclic amines) is 1. The Labute approximate surface area is 238 Å². The quantitative estimate of drug-likeness (QED) is 0.537. The molecule has 5 rings (SSSR count). The maximum atomic E-state index is 12.7. The molecule has 3 aliphatic rings. The molecule has 9 nitrogen and oxygen atoms in total. The van der Waals surface area contributed by atoms with E-state index in [9.17, 15) is 10.1 Å². The number of anilines is 1. The molecule has 214 valence electrons. The number of amides is 1. The van der Waals surface area contributed by atoms with E-state index in [-0.39, 0.29) is 6.09 Å². The van der Waals surface area contributed by atoms with Gasteiger partial charge in [0.1, 0.15) is 23.8 Å². The highest BCUT2D eigenvalue weighted by Gasteiger charge is 2.33. The lowest BCUT2D eigenvalue weighted by atomic mass is 9.98. The number of carbonyl (C=O) groups excluding carboxylic acids is 1. The molecule has 0 unspecified atom stereocenters. The van der Waals surface area contributed by atoms with Gasteiger partial charge in [-0.25, -0.2) is 9.78 Å². The zero-order valence-corrected chi connectivity index (χ0v) is 24.4. The van der Waals surface area contributed by atoms with Crippen LogP contribution in [0.3, 0.4) is 0 Å². The number of piperazine rings is 1. The van der Waals surface area contributed by atoms with Crippen LogP contribution in [0.5, 0.6) is 5.88 Å². The number of rotatable bonds is 6. The Balaban J connectivity index is 1.40. The summed E-state index contributed by atoms with van der Waals surface area (Å²) in [6.45, 7) is 12.0. The Hall–Kier alpha value is -3.35. The molecule has 3 aliphatic heterocycles. The largest absolute Gasteiger partial charge is 0.475 e. The van der Waals surface area contributed by atoms with Gasteiger partial charge in [0.2, 0.25) is 5.88 Å². The van der Waals surface area contributed by atoms with Gasteiger partial charge < -0.3 is 24.2 Å². The smallest absolute Gasteiger partial charge is 0.410 e. The Bertz CT molecular complexity index is 1230. The standard InChI is InChI=1S/C31H42N6O3/c1-31(2,3)40-30(38)37-17-15-36(16-18-37)28-25-12-14-35(20-23-9-6-5-7-10-23)21-27(25)33-29(26(28)19-32)39-22-24-11-8-13-34(24)4/h5-7,9-10,24H,8,11-18,20-22H2,1-4H3/t24-/m0/s1. The molecule has 40 heavy (non-hydrogen) atoms. The molecule has 1 amide bonds. The zero-order chi connectivity index (χ0) is 28.3. The first kappa shape index (κ1) is 28.2. The molecule has 1 atom stereocenters. The minimum absolute atomic E-state index is 0.286. The molecule has 0 spiro atoms. The van der Waals surface area contributed by atoms with Crippen molar-refractivity contribution in [2.75, 3.05) is 57.8 Å². The van der Waals surface area contributed by atoms with Crippen molar-refractivity contribution in [3.63, 3.8) is 0 Å². The summed E-state index contributed by atoms with van der Waals surface area (Å²) in [5, 5.41) is 10.4. The lowest BCUT2D eigenvalue weighted by Gasteiger charge is -2.39. The van der Waals surface area contributed by atoms with Crippen LogP contribution in [-0.2, 0) is 24.2 Å². The monoisotopic (exact) mass is 546 g/mol. The number of hydrogen-bond acceptors (Lipinski definition) is 8. The minimum atomic E-state index is -0.530. The lowest BCUT2D eigenvalue weighted by molar-refractivity contribution is 0.0240. The van der Waals surface area contributed by atoms with Crippen LogP contribution >= 0.6 is 0 Å². The van der Waals surface area contributed by atoms with E-state index in [0.717, 1.165) is 55.8 Å². The van der Waals surface area contributed by atoms with E-state index < -0.39 is 5.60 Å². The van der Waals surface area contributed by atoms with Gasteiger partial charge in [-0.3, -0.25) is 4.90 Å². The van der Waals surface area contributed by atoms with Crippen molar-refractivity contribution in [1.82, 2.24) is 19.7 Å². The second-order valence-corrected chi connectivity index (χ2v) is 12.2. The molecule has 0 N–H and O–H groups in total. The summed E-state index contributed by atoms with van der Waals surface area (Å²) in [6, 6.07) is 13.3. The Morgan fingerprint density at radius 3 is 2.50 bits per heavy atom. The van der Waals surface area contributed by atoms with Gasteiger partial charge in [-0.05, 0) is 59.2 Å². The molecule has 2 aromatic rings. The van der Waals surface area contributed by atoms with Gasteiger partial charge in [0.05, 0.1) is 11.4 Å². The number of benzene rings is 1. The molecule has 9 heteroatoms. The Morgan fingerprint density at radius 2 is 1.85 bits per heavy atom. The van der Waals surface area contributed by atoms with E-state index in [2.05, 4.69) is 52.1 Å². The minimum Gasteiger partial charge on any atom is -0.475 e. The van der Waals surface area contributed by atoms with Crippen LogP contribution in [0.25, 0.3) is 0 Å². The lowest BCUT2D eigenvalue weighted by Crippen LogP contribution is -2.50. The van der Waals surface area contributed by atoms with Crippen LogP contribution in [0.2, 0.25) is 0 Å². The Kier molecular flexibility index (Phi) is 8.48. The fourth-order valence-corrected chi connectivity index (χ4v) is 5.92. The molecule has 1 aromatic heterocycles. The summed E-state index contributed by atoms with van der Waals surface area (Å²) < 4.78 is 11.9. The van der Waals surface area contributed by atoms with E-state index in [4.69, 9.17) is 14.5 Å². The van der Waals surface area contributed by atoms with Crippen LogP contribution in [0.15, 0.2) is 30.3 Å². The van der Waals surface area contributed by atoms with Crippen molar-refractivity contribution in [3.05, 3.63) is 52.7 Å². The molecule has 2 saturated heterocycles. The first-order valence-corrected chi connectivity index (χ1v) is 14.5. The Morgan fingerprint density at radius 1 is 1.10 bits per heavy atom. The maximum absolute atomic E-state index is 12.7. The fourth-order valence-electron chi connectivity index (χ4n) is 5.92. The molecule has 4 heterocycles. The van der Waals surface area contributed by atoms with Crippen LogP contribution in [-0.4, -0.2) is 90.3 Å².